The highest BCUT2D eigenvalue weighted by atomic mass is 35.5. The van der Waals surface area contributed by atoms with Crippen molar-refractivity contribution in [3.05, 3.63) is 69.9 Å². The van der Waals surface area contributed by atoms with E-state index in [-0.39, 0.29) is 18.6 Å². The average molecular weight is 447 g/mol. The number of rotatable bonds is 7. The van der Waals surface area contributed by atoms with E-state index in [9.17, 15) is 9.18 Å². The normalized spacial score (nSPS) is 15.9. The fourth-order valence-electron chi connectivity index (χ4n) is 3.13. The van der Waals surface area contributed by atoms with Crippen molar-refractivity contribution in [2.45, 2.75) is 25.6 Å². The van der Waals surface area contributed by atoms with Crippen molar-refractivity contribution in [1.29, 1.82) is 0 Å². The maximum atomic E-state index is 13.8. The number of thiazole rings is 1. The number of halogens is 2. The summed E-state index contributed by atoms with van der Waals surface area (Å²) in [6.45, 7) is 1.30. The van der Waals surface area contributed by atoms with Crippen LogP contribution in [0.1, 0.15) is 28.9 Å². The first kappa shape index (κ1) is 20.8. The van der Waals surface area contributed by atoms with E-state index in [4.69, 9.17) is 21.1 Å². The first-order valence-corrected chi connectivity index (χ1v) is 10.9. The highest BCUT2D eigenvalue weighted by Gasteiger charge is 2.18. The maximum absolute atomic E-state index is 13.8. The van der Waals surface area contributed by atoms with Crippen molar-refractivity contribution in [2.24, 2.45) is 0 Å². The molecular formula is C22H20ClFN2O3S. The Labute approximate surface area is 182 Å². The van der Waals surface area contributed by atoms with Crippen LogP contribution >= 0.6 is 22.9 Å². The second-order valence-corrected chi connectivity index (χ2v) is 8.16. The minimum Gasteiger partial charge on any atom is -0.489 e. The molecule has 2 heterocycles. The molecule has 0 bridgehead atoms. The van der Waals surface area contributed by atoms with Gasteiger partial charge in [0, 0.05) is 29.7 Å². The van der Waals surface area contributed by atoms with Crippen molar-refractivity contribution in [1.82, 2.24) is 10.3 Å². The molecule has 1 aliphatic rings. The number of nitrogens with one attached hydrogen (secondary N) is 1. The average Bonchev–Trinajstić information content (AvgIpc) is 3.44. The predicted octanol–water partition coefficient (Wildman–Crippen LogP) is 5.09. The molecule has 1 amide bonds. The Balaban J connectivity index is 1.35. The summed E-state index contributed by atoms with van der Waals surface area (Å²) >= 11 is 7.42. The molecule has 156 valence electrons. The summed E-state index contributed by atoms with van der Waals surface area (Å²) in [5, 5.41) is 5.69. The molecule has 2 aromatic carbocycles. The van der Waals surface area contributed by atoms with Crippen molar-refractivity contribution in [2.75, 3.05) is 13.2 Å². The summed E-state index contributed by atoms with van der Waals surface area (Å²) in [4.78, 5) is 16.7. The van der Waals surface area contributed by atoms with Crippen LogP contribution in [0.15, 0.2) is 47.8 Å². The molecule has 0 aliphatic carbocycles. The van der Waals surface area contributed by atoms with Crippen LogP contribution in [0.3, 0.4) is 0 Å². The standard InChI is InChI=1S/C22H20ClFN2O3S/c23-18-4-1-5-19(24)17(18)12-29-15-8-6-14(7-9-15)22-26-20(13-30-22)21(27)25-11-16-3-2-10-28-16/h1,4-9,13,16H,2-3,10-12H2,(H,25,27). The summed E-state index contributed by atoms with van der Waals surface area (Å²) in [7, 11) is 0. The lowest BCUT2D eigenvalue weighted by atomic mass is 10.2. The quantitative estimate of drug-likeness (QED) is 0.549. The van der Waals surface area contributed by atoms with Crippen molar-refractivity contribution in [3.8, 4) is 16.3 Å². The van der Waals surface area contributed by atoms with Crippen LogP contribution in [0.4, 0.5) is 4.39 Å². The van der Waals surface area contributed by atoms with Gasteiger partial charge in [0.2, 0.25) is 0 Å². The van der Waals surface area contributed by atoms with Crippen LogP contribution in [0.25, 0.3) is 10.6 Å². The minimum atomic E-state index is -0.396. The number of ether oxygens (including phenoxy) is 2. The summed E-state index contributed by atoms with van der Waals surface area (Å²) in [5.74, 6) is -0.00826. The van der Waals surface area contributed by atoms with Crippen LogP contribution in [0.5, 0.6) is 5.75 Å². The van der Waals surface area contributed by atoms with Gasteiger partial charge in [0.1, 0.15) is 28.9 Å². The fourth-order valence-corrected chi connectivity index (χ4v) is 4.16. The Morgan fingerprint density at radius 2 is 2.13 bits per heavy atom. The lowest BCUT2D eigenvalue weighted by Crippen LogP contribution is -2.31. The third-order valence-electron chi connectivity index (χ3n) is 4.80. The topological polar surface area (TPSA) is 60.5 Å². The van der Waals surface area contributed by atoms with E-state index < -0.39 is 5.82 Å². The number of nitrogens with zero attached hydrogens (tertiary/aromatic N) is 1. The zero-order valence-electron chi connectivity index (χ0n) is 16.1. The van der Waals surface area contributed by atoms with Crippen molar-refractivity contribution >= 4 is 28.8 Å². The predicted molar refractivity (Wildman–Crippen MR) is 115 cm³/mol. The van der Waals surface area contributed by atoms with Gasteiger partial charge in [-0.1, -0.05) is 17.7 Å². The number of benzene rings is 2. The fraction of sp³-hybridized carbons (Fsp3) is 0.273. The van der Waals surface area contributed by atoms with Crippen LogP contribution < -0.4 is 10.1 Å². The van der Waals surface area contributed by atoms with Crippen LogP contribution in [-0.2, 0) is 11.3 Å². The minimum absolute atomic E-state index is 0.0388. The van der Waals surface area contributed by atoms with Gasteiger partial charge >= 0.3 is 0 Å². The molecule has 4 rings (SSSR count). The van der Waals surface area contributed by atoms with E-state index >= 15 is 0 Å². The van der Waals surface area contributed by atoms with Gasteiger partial charge in [-0.15, -0.1) is 11.3 Å². The molecule has 0 spiro atoms. The van der Waals surface area contributed by atoms with E-state index in [1.807, 2.05) is 12.1 Å². The summed E-state index contributed by atoms with van der Waals surface area (Å²) in [6, 6.07) is 11.8. The third kappa shape index (κ3) is 4.98. The van der Waals surface area contributed by atoms with Crippen molar-refractivity contribution < 1.29 is 18.7 Å². The molecule has 1 saturated heterocycles. The number of carbonyl (C=O) groups excluding carboxylic acids is 1. The maximum Gasteiger partial charge on any atom is 0.270 e. The largest absolute Gasteiger partial charge is 0.489 e. The number of hydrogen-bond donors (Lipinski definition) is 1. The lowest BCUT2D eigenvalue weighted by molar-refractivity contribution is 0.0854. The van der Waals surface area contributed by atoms with Crippen LogP contribution in [0, 0.1) is 5.82 Å². The summed E-state index contributed by atoms with van der Waals surface area (Å²) in [6.07, 6.45) is 2.10. The Morgan fingerprint density at radius 3 is 2.87 bits per heavy atom. The smallest absolute Gasteiger partial charge is 0.270 e. The molecule has 1 aliphatic heterocycles. The Hall–Kier alpha value is -2.48. The molecule has 0 saturated carbocycles. The molecule has 0 radical (unpaired) electrons. The third-order valence-corrected chi connectivity index (χ3v) is 6.04. The highest BCUT2D eigenvalue weighted by Crippen LogP contribution is 2.27. The Morgan fingerprint density at radius 1 is 1.30 bits per heavy atom. The SMILES string of the molecule is O=C(NCC1CCCO1)c1csc(-c2ccc(OCc3c(F)cccc3Cl)cc2)n1. The Bertz CT molecular complexity index is 999. The number of hydrogen-bond acceptors (Lipinski definition) is 5. The zero-order chi connectivity index (χ0) is 20.9. The zero-order valence-corrected chi connectivity index (χ0v) is 17.6. The van der Waals surface area contributed by atoms with Gasteiger partial charge in [-0.05, 0) is 49.2 Å². The second kappa shape index (κ2) is 9.55. The summed E-state index contributed by atoms with van der Waals surface area (Å²) in [5.41, 5.74) is 1.58. The molecule has 8 heteroatoms. The number of aromatic nitrogens is 1. The molecule has 1 N–H and O–H groups in total. The van der Waals surface area contributed by atoms with Crippen LogP contribution in [0.2, 0.25) is 5.02 Å². The molecular weight excluding hydrogens is 427 g/mol. The lowest BCUT2D eigenvalue weighted by Gasteiger charge is -2.09. The molecule has 1 aromatic heterocycles. The molecule has 1 unspecified atom stereocenters. The second-order valence-electron chi connectivity index (χ2n) is 6.90. The van der Waals surface area contributed by atoms with E-state index in [0.717, 1.165) is 30.0 Å². The van der Waals surface area contributed by atoms with E-state index in [1.54, 1.807) is 29.6 Å². The monoisotopic (exact) mass is 446 g/mol. The van der Waals surface area contributed by atoms with Gasteiger partial charge in [0.15, 0.2) is 0 Å². The number of amides is 1. The van der Waals surface area contributed by atoms with Gasteiger partial charge in [-0.3, -0.25) is 4.79 Å². The van der Waals surface area contributed by atoms with Gasteiger partial charge in [-0.25, -0.2) is 9.37 Å². The van der Waals surface area contributed by atoms with E-state index in [2.05, 4.69) is 10.3 Å². The number of carbonyl (C=O) groups is 1. The highest BCUT2D eigenvalue weighted by molar-refractivity contribution is 7.13. The molecule has 30 heavy (non-hydrogen) atoms. The van der Waals surface area contributed by atoms with Crippen LogP contribution in [-0.4, -0.2) is 30.1 Å². The van der Waals surface area contributed by atoms with Gasteiger partial charge in [-0.2, -0.15) is 0 Å². The van der Waals surface area contributed by atoms with E-state index in [1.165, 1.54) is 17.4 Å². The molecule has 3 aromatic rings. The van der Waals surface area contributed by atoms with Gasteiger partial charge in [0.05, 0.1) is 11.1 Å². The first-order valence-electron chi connectivity index (χ1n) is 9.61. The Kier molecular flexibility index (Phi) is 6.62. The molecule has 1 fully saturated rings. The van der Waals surface area contributed by atoms with Crippen molar-refractivity contribution in [3.63, 3.8) is 0 Å². The first-order chi connectivity index (χ1) is 14.6. The summed E-state index contributed by atoms with van der Waals surface area (Å²) < 4.78 is 25.0. The molecule has 1 atom stereocenters. The van der Waals surface area contributed by atoms with Gasteiger partial charge in [0.25, 0.3) is 5.91 Å². The molecule has 5 nitrogen and oxygen atoms in total. The van der Waals surface area contributed by atoms with Gasteiger partial charge < -0.3 is 14.8 Å². The van der Waals surface area contributed by atoms with E-state index in [0.29, 0.717) is 28.6 Å².